The molecule has 1 heterocycles. The molecule has 1 amide bonds. The molecule has 0 aromatic heterocycles. The minimum atomic E-state index is -0.225. The average Bonchev–Trinajstić information content (AvgIpc) is 3.00. The number of hydrogen-bond donors (Lipinski definition) is 1. The number of benzene rings is 2. The van der Waals surface area contributed by atoms with Crippen molar-refractivity contribution in [2.75, 3.05) is 40.9 Å². The highest BCUT2D eigenvalue weighted by molar-refractivity contribution is 6.35. The van der Waals surface area contributed by atoms with E-state index in [2.05, 4.69) is 5.32 Å². The number of ether oxygens (including phenoxy) is 5. The molecule has 2 aromatic carbocycles. The van der Waals surface area contributed by atoms with E-state index in [4.69, 9.17) is 23.7 Å². The molecule has 0 saturated heterocycles. The van der Waals surface area contributed by atoms with Gasteiger partial charge >= 0.3 is 0 Å². The van der Waals surface area contributed by atoms with E-state index in [0.717, 1.165) is 5.56 Å². The van der Waals surface area contributed by atoms with Gasteiger partial charge in [-0.2, -0.15) is 0 Å². The second-order valence-electron chi connectivity index (χ2n) is 5.71. The zero-order chi connectivity index (χ0) is 19.6. The van der Waals surface area contributed by atoms with Gasteiger partial charge in [-0.3, -0.25) is 4.79 Å². The van der Waals surface area contributed by atoms with Gasteiger partial charge in [0.1, 0.15) is 5.75 Å². The van der Waals surface area contributed by atoms with Gasteiger partial charge in [0.2, 0.25) is 0 Å². The van der Waals surface area contributed by atoms with E-state index in [-0.39, 0.29) is 5.91 Å². The zero-order valence-corrected chi connectivity index (χ0v) is 15.8. The number of methoxy groups -OCH3 is 5. The lowest BCUT2D eigenvalue weighted by molar-refractivity contribution is -0.110. The molecule has 2 aromatic rings. The molecule has 0 spiro atoms. The molecule has 0 unspecified atom stereocenters. The molecule has 3 rings (SSSR count). The van der Waals surface area contributed by atoms with Crippen LogP contribution in [0, 0.1) is 0 Å². The van der Waals surface area contributed by atoms with E-state index >= 15 is 0 Å². The van der Waals surface area contributed by atoms with Crippen LogP contribution in [0.4, 0.5) is 5.69 Å². The summed E-state index contributed by atoms with van der Waals surface area (Å²) in [7, 11) is 7.76. The second kappa shape index (κ2) is 7.49. The maximum atomic E-state index is 12.6. The highest BCUT2D eigenvalue weighted by Crippen LogP contribution is 2.43. The van der Waals surface area contributed by atoms with Crippen molar-refractivity contribution in [2.24, 2.45) is 0 Å². The van der Waals surface area contributed by atoms with Crippen LogP contribution in [-0.4, -0.2) is 41.5 Å². The minimum absolute atomic E-state index is 0.225. The first-order chi connectivity index (χ1) is 13.1. The van der Waals surface area contributed by atoms with Crippen LogP contribution in [0.5, 0.6) is 28.7 Å². The lowest BCUT2D eigenvalue weighted by Crippen LogP contribution is -2.04. The number of anilines is 1. The number of rotatable bonds is 6. The molecule has 0 saturated carbocycles. The molecular weight excluding hydrogens is 350 g/mol. The fraction of sp³-hybridized carbons (Fsp3) is 0.250. The summed E-state index contributed by atoms with van der Waals surface area (Å²) in [4.78, 5) is 12.6. The Bertz CT molecular complexity index is 919. The molecule has 7 heteroatoms. The number of amides is 1. The summed E-state index contributed by atoms with van der Waals surface area (Å²) >= 11 is 0. The Morgan fingerprint density at radius 3 is 1.81 bits per heavy atom. The topological polar surface area (TPSA) is 75.3 Å². The Balaban J connectivity index is 2.15. The van der Waals surface area contributed by atoms with Gasteiger partial charge in [0.15, 0.2) is 23.0 Å². The molecule has 0 radical (unpaired) electrons. The molecule has 1 N–H and O–H groups in total. The van der Waals surface area contributed by atoms with E-state index in [0.29, 0.717) is 45.6 Å². The van der Waals surface area contributed by atoms with Crippen LogP contribution < -0.4 is 29.0 Å². The highest BCUT2D eigenvalue weighted by Gasteiger charge is 2.27. The Kier molecular flexibility index (Phi) is 5.12. The summed E-state index contributed by atoms with van der Waals surface area (Å²) in [5.41, 5.74) is 2.54. The molecule has 1 aliphatic heterocycles. The van der Waals surface area contributed by atoms with Crippen LogP contribution in [0.3, 0.4) is 0 Å². The van der Waals surface area contributed by atoms with Gasteiger partial charge in [-0.1, -0.05) is 0 Å². The summed E-state index contributed by atoms with van der Waals surface area (Å²) in [6.45, 7) is 0. The normalized spacial score (nSPS) is 13.8. The Hall–Kier alpha value is -3.35. The van der Waals surface area contributed by atoms with Crippen LogP contribution in [0.1, 0.15) is 11.1 Å². The molecule has 1 aliphatic rings. The van der Waals surface area contributed by atoms with Gasteiger partial charge < -0.3 is 29.0 Å². The summed E-state index contributed by atoms with van der Waals surface area (Å²) in [6.07, 6.45) is 1.74. The average molecular weight is 371 g/mol. The quantitative estimate of drug-likeness (QED) is 0.786. The molecule has 0 fully saturated rings. The Morgan fingerprint density at radius 2 is 1.22 bits per heavy atom. The molecule has 27 heavy (non-hydrogen) atoms. The lowest BCUT2D eigenvalue weighted by atomic mass is 10.0. The van der Waals surface area contributed by atoms with Crippen molar-refractivity contribution in [1.82, 2.24) is 0 Å². The van der Waals surface area contributed by atoms with Crippen molar-refractivity contribution in [1.29, 1.82) is 0 Å². The van der Waals surface area contributed by atoms with Crippen molar-refractivity contribution >= 4 is 23.2 Å². The Labute approximate surface area is 157 Å². The van der Waals surface area contributed by atoms with Crippen LogP contribution in [0.15, 0.2) is 24.3 Å². The van der Waals surface area contributed by atoms with Crippen LogP contribution in [0.2, 0.25) is 0 Å². The van der Waals surface area contributed by atoms with Gasteiger partial charge in [0.05, 0.1) is 41.2 Å². The summed E-state index contributed by atoms with van der Waals surface area (Å²) in [5.74, 6) is 2.49. The predicted octanol–water partition coefficient (Wildman–Crippen LogP) is 3.22. The minimum Gasteiger partial charge on any atom is -0.496 e. The van der Waals surface area contributed by atoms with Gasteiger partial charge in [0.25, 0.3) is 5.91 Å². The third-order valence-corrected chi connectivity index (χ3v) is 4.34. The SMILES string of the molecule is COc1cc(OC)c(OC)cc1C=C1C(=O)Nc2cc(OC)c(OC)cc21. The lowest BCUT2D eigenvalue weighted by Gasteiger charge is -2.13. The molecule has 0 bridgehead atoms. The third kappa shape index (κ3) is 3.23. The van der Waals surface area contributed by atoms with Crippen molar-refractivity contribution < 1.29 is 28.5 Å². The second-order valence-corrected chi connectivity index (χ2v) is 5.71. The smallest absolute Gasteiger partial charge is 0.256 e. The largest absolute Gasteiger partial charge is 0.496 e. The standard InChI is InChI=1S/C20H21NO6/c1-23-15-10-19(27-5)16(24-2)7-11(15)6-13-12-8-17(25-3)18(26-4)9-14(12)21-20(13)22/h6-10H,1-5H3,(H,21,22). The maximum Gasteiger partial charge on any atom is 0.256 e. The zero-order valence-electron chi connectivity index (χ0n) is 15.8. The van der Waals surface area contributed by atoms with Gasteiger partial charge in [-0.05, 0) is 18.2 Å². The van der Waals surface area contributed by atoms with E-state index in [1.54, 1.807) is 65.9 Å². The van der Waals surface area contributed by atoms with Crippen molar-refractivity contribution in [3.8, 4) is 28.7 Å². The number of nitrogens with one attached hydrogen (secondary N) is 1. The van der Waals surface area contributed by atoms with E-state index in [9.17, 15) is 4.79 Å². The van der Waals surface area contributed by atoms with Gasteiger partial charge in [-0.15, -0.1) is 0 Å². The summed E-state index contributed by atoms with van der Waals surface area (Å²) in [5, 5.41) is 2.84. The molecule has 7 nitrogen and oxygen atoms in total. The van der Waals surface area contributed by atoms with Crippen LogP contribution in [0.25, 0.3) is 11.6 Å². The predicted molar refractivity (Wildman–Crippen MR) is 102 cm³/mol. The number of fused-ring (bicyclic) bond motifs is 1. The van der Waals surface area contributed by atoms with Gasteiger partial charge in [0, 0.05) is 28.8 Å². The van der Waals surface area contributed by atoms with Crippen molar-refractivity contribution in [3.63, 3.8) is 0 Å². The number of carbonyl (C=O) groups excluding carboxylic acids is 1. The number of carbonyl (C=O) groups is 1. The van der Waals surface area contributed by atoms with Crippen molar-refractivity contribution in [2.45, 2.75) is 0 Å². The molecule has 0 aliphatic carbocycles. The monoisotopic (exact) mass is 371 g/mol. The number of hydrogen-bond acceptors (Lipinski definition) is 6. The van der Waals surface area contributed by atoms with Crippen LogP contribution >= 0.6 is 0 Å². The van der Waals surface area contributed by atoms with E-state index in [1.807, 2.05) is 0 Å². The van der Waals surface area contributed by atoms with E-state index in [1.165, 1.54) is 0 Å². The highest BCUT2D eigenvalue weighted by atomic mass is 16.5. The summed E-state index contributed by atoms with van der Waals surface area (Å²) in [6, 6.07) is 6.98. The Morgan fingerprint density at radius 1 is 0.704 bits per heavy atom. The fourth-order valence-electron chi connectivity index (χ4n) is 2.98. The fourth-order valence-corrected chi connectivity index (χ4v) is 2.98. The first-order valence-corrected chi connectivity index (χ1v) is 8.15. The molecule has 142 valence electrons. The maximum absolute atomic E-state index is 12.6. The molecular formula is C20H21NO6. The summed E-state index contributed by atoms with van der Waals surface area (Å²) < 4.78 is 26.8. The van der Waals surface area contributed by atoms with Crippen LogP contribution in [-0.2, 0) is 4.79 Å². The first kappa shape index (κ1) is 18.4. The van der Waals surface area contributed by atoms with Gasteiger partial charge in [-0.25, -0.2) is 0 Å². The first-order valence-electron chi connectivity index (χ1n) is 8.15. The third-order valence-electron chi connectivity index (χ3n) is 4.34. The van der Waals surface area contributed by atoms with E-state index < -0.39 is 0 Å². The van der Waals surface area contributed by atoms with Crippen molar-refractivity contribution in [3.05, 3.63) is 35.4 Å². The molecule has 0 atom stereocenters.